The molecular weight excluding hydrogens is 494 g/mol. The van der Waals surface area contributed by atoms with Crippen LogP contribution < -0.4 is 15.8 Å². The highest BCUT2D eigenvalue weighted by atomic mass is 16.2. The molecule has 0 radical (unpaired) electrons. The zero-order chi connectivity index (χ0) is 26.7. The smallest absolute Gasteiger partial charge is 0.260 e. The Morgan fingerprint density at radius 2 is 1.64 bits per heavy atom. The number of fused-ring (bicyclic) bond motifs is 9. The van der Waals surface area contributed by atoms with Crippen molar-refractivity contribution in [1.29, 1.82) is 0 Å². The van der Waals surface area contributed by atoms with Crippen molar-refractivity contribution < 1.29 is 14.4 Å². The monoisotopic (exact) mass is 523 g/mol. The molecule has 9 nitrogen and oxygen atoms in total. The molecule has 9 heteroatoms. The van der Waals surface area contributed by atoms with Gasteiger partial charge in [0.15, 0.2) is 0 Å². The number of likely N-dealkylation sites (tertiary alicyclic amines) is 1. The van der Waals surface area contributed by atoms with E-state index in [0.717, 1.165) is 37.3 Å². The second-order valence-corrected chi connectivity index (χ2v) is 10.9. The highest BCUT2D eigenvalue weighted by molar-refractivity contribution is 6.17. The van der Waals surface area contributed by atoms with Crippen molar-refractivity contribution in [1.82, 2.24) is 19.7 Å². The lowest BCUT2D eigenvalue weighted by Crippen LogP contribution is -2.52. The quantitative estimate of drug-likeness (QED) is 0.554. The Balaban J connectivity index is 1.04. The molecular formula is C30H29N5O4. The fourth-order valence-electron chi connectivity index (χ4n) is 6.88. The van der Waals surface area contributed by atoms with Crippen LogP contribution in [0.25, 0.3) is 0 Å². The van der Waals surface area contributed by atoms with Crippen LogP contribution in [-0.4, -0.2) is 64.8 Å². The standard InChI is InChI=1S/C30H29N5O4/c36-26(31-12-13-32-15-19-14-20(17-32)24-10-5-11-27(37)33(24)16-19)18-34-28-21-6-1-2-7-22(21)30(39)35(28)25-9-4-3-8-23(25)29(34)38/h1-11,19-20,28H,12-18H2,(H,31,36)/t19-,20+,28+/m1/s1. The van der Waals surface area contributed by atoms with Gasteiger partial charge in [-0.1, -0.05) is 36.4 Å². The molecule has 7 rings (SSSR count). The van der Waals surface area contributed by atoms with Gasteiger partial charge in [-0.15, -0.1) is 0 Å². The first-order valence-electron chi connectivity index (χ1n) is 13.5. The summed E-state index contributed by atoms with van der Waals surface area (Å²) in [6.07, 6.45) is 0.440. The molecule has 2 bridgehead atoms. The number of hydrogen-bond acceptors (Lipinski definition) is 5. The fourth-order valence-corrected chi connectivity index (χ4v) is 6.88. The van der Waals surface area contributed by atoms with Crippen LogP contribution in [0, 0.1) is 5.92 Å². The van der Waals surface area contributed by atoms with Gasteiger partial charge >= 0.3 is 0 Å². The number of amides is 3. The van der Waals surface area contributed by atoms with E-state index >= 15 is 0 Å². The number of pyridine rings is 1. The molecule has 1 N–H and O–H groups in total. The molecule has 2 aromatic carbocycles. The summed E-state index contributed by atoms with van der Waals surface area (Å²) in [4.78, 5) is 57.8. The molecule has 4 aliphatic heterocycles. The molecule has 39 heavy (non-hydrogen) atoms. The van der Waals surface area contributed by atoms with Crippen LogP contribution in [0.5, 0.6) is 0 Å². The molecule has 1 saturated heterocycles. The van der Waals surface area contributed by atoms with Crippen LogP contribution in [0.15, 0.2) is 71.5 Å². The summed E-state index contributed by atoms with van der Waals surface area (Å²) in [5, 5.41) is 3.00. The highest BCUT2D eigenvalue weighted by Crippen LogP contribution is 2.45. The van der Waals surface area contributed by atoms with E-state index in [1.807, 2.05) is 34.9 Å². The third-order valence-corrected chi connectivity index (χ3v) is 8.50. The summed E-state index contributed by atoms with van der Waals surface area (Å²) in [6, 6.07) is 19.9. The number of nitrogens with zero attached hydrogens (tertiary/aromatic N) is 4. The number of benzene rings is 2. The zero-order valence-corrected chi connectivity index (χ0v) is 21.5. The summed E-state index contributed by atoms with van der Waals surface area (Å²) in [7, 11) is 0. The van der Waals surface area contributed by atoms with Crippen LogP contribution in [0.2, 0.25) is 0 Å². The average Bonchev–Trinajstić information content (AvgIpc) is 3.24. The number of nitrogens with one attached hydrogen (secondary N) is 1. The Morgan fingerprint density at radius 3 is 2.51 bits per heavy atom. The van der Waals surface area contributed by atoms with E-state index in [4.69, 9.17) is 0 Å². The number of aromatic nitrogens is 1. The minimum absolute atomic E-state index is 0.0722. The number of carbonyl (C=O) groups is 3. The first-order chi connectivity index (χ1) is 19.0. The van der Waals surface area contributed by atoms with Crippen LogP contribution in [0.1, 0.15) is 50.5 Å². The molecule has 1 fully saturated rings. The largest absolute Gasteiger partial charge is 0.353 e. The first-order valence-corrected chi connectivity index (χ1v) is 13.5. The normalized spacial score (nSPS) is 23.1. The van der Waals surface area contributed by atoms with Crippen molar-refractivity contribution in [3.63, 3.8) is 0 Å². The van der Waals surface area contributed by atoms with Crippen LogP contribution in [0.3, 0.4) is 0 Å². The van der Waals surface area contributed by atoms with E-state index in [0.29, 0.717) is 41.7 Å². The zero-order valence-electron chi connectivity index (χ0n) is 21.5. The van der Waals surface area contributed by atoms with E-state index in [-0.39, 0.29) is 29.8 Å². The van der Waals surface area contributed by atoms with E-state index < -0.39 is 6.17 Å². The fraction of sp³-hybridized carbons (Fsp3) is 0.333. The van der Waals surface area contributed by atoms with Crippen LogP contribution in [0.4, 0.5) is 5.69 Å². The molecule has 4 aliphatic rings. The second-order valence-electron chi connectivity index (χ2n) is 10.9. The summed E-state index contributed by atoms with van der Waals surface area (Å²) in [5.41, 5.74) is 3.45. The SMILES string of the molecule is O=C(CN1C(=O)c2ccccc2N2C(=O)c3ccccc3[C@@H]12)NCCN1C[C@H]2C[C@@H](C1)c1cccc(=O)n1C2. The Morgan fingerprint density at radius 1 is 0.846 bits per heavy atom. The van der Waals surface area contributed by atoms with Crippen molar-refractivity contribution >= 4 is 23.4 Å². The maximum atomic E-state index is 13.5. The number of anilines is 1. The number of hydrogen-bond donors (Lipinski definition) is 1. The Kier molecular flexibility index (Phi) is 5.62. The predicted molar refractivity (Wildman–Crippen MR) is 144 cm³/mol. The van der Waals surface area contributed by atoms with Crippen molar-refractivity contribution in [2.24, 2.45) is 5.92 Å². The van der Waals surface area contributed by atoms with E-state index in [2.05, 4.69) is 16.3 Å². The average molecular weight is 524 g/mol. The highest BCUT2D eigenvalue weighted by Gasteiger charge is 2.48. The number of para-hydroxylation sites is 1. The molecule has 0 unspecified atom stereocenters. The lowest BCUT2D eigenvalue weighted by atomic mass is 9.83. The molecule has 1 aromatic heterocycles. The summed E-state index contributed by atoms with van der Waals surface area (Å²) >= 11 is 0. The van der Waals surface area contributed by atoms with Gasteiger partial charge in [-0.05, 0) is 36.6 Å². The summed E-state index contributed by atoms with van der Waals surface area (Å²) in [6.45, 7) is 3.51. The van der Waals surface area contributed by atoms with Crippen molar-refractivity contribution in [2.75, 3.05) is 37.6 Å². The van der Waals surface area contributed by atoms with Gasteiger partial charge < -0.3 is 19.7 Å². The van der Waals surface area contributed by atoms with Gasteiger partial charge in [0.1, 0.15) is 12.7 Å². The maximum Gasteiger partial charge on any atom is 0.260 e. The Hall–Kier alpha value is -4.24. The minimum Gasteiger partial charge on any atom is -0.353 e. The molecule has 3 atom stereocenters. The lowest BCUT2D eigenvalue weighted by Gasteiger charge is -2.43. The Labute approximate surface area is 225 Å². The van der Waals surface area contributed by atoms with Crippen molar-refractivity contribution in [2.45, 2.75) is 25.0 Å². The molecule has 0 aliphatic carbocycles. The molecule has 5 heterocycles. The molecule has 3 amide bonds. The Bertz CT molecular complexity index is 1560. The predicted octanol–water partition coefficient (Wildman–Crippen LogP) is 2.20. The number of piperidine rings is 1. The van der Waals surface area contributed by atoms with E-state index in [1.165, 1.54) is 4.90 Å². The van der Waals surface area contributed by atoms with Crippen LogP contribution in [-0.2, 0) is 11.3 Å². The van der Waals surface area contributed by atoms with Gasteiger partial charge in [0.05, 0.1) is 11.3 Å². The van der Waals surface area contributed by atoms with Gasteiger partial charge in [-0.3, -0.25) is 24.1 Å². The third kappa shape index (κ3) is 3.87. The summed E-state index contributed by atoms with van der Waals surface area (Å²) in [5.74, 6) is 0.0569. The van der Waals surface area contributed by atoms with Gasteiger partial charge in [-0.25, -0.2) is 0 Å². The molecule has 0 saturated carbocycles. The minimum atomic E-state index is -0.646. The lowest BCUT2D eigenvalue weighted by molar-refractivity contribution is -0.122. The maximum absolute atomic E-state index is 13.5. The van der Waals surface area contributed by atoms with Crippen molar-refractivity contribution in [3.05, 3.63) is 99.5 Å². The molecule has 0 spiro atoms. The van der Waals surface area contributed by atoms with Crippen molar-refractivity contribution in [3.8, 4) is 0 Å². The summed E-state index contributed by atoms with van der Waals surface area (Å²) < 4.78 is 1.92. The van der Waals surface area contributed by atoms with Crippen LogP contribution >= 0.6 is 0 Å². The second kappa shape index (κ2) is 9.20. The van der Waals surface area contributed by atoms with E-state index in [1.54, 1.807) is 35.2 Å². The van der Waals surface area contributed by atoms with Gasteiger partial charge in [0, 0.05) is 61.5 Å². The first kappa shape index (κ1) is 23.8. The third-order valence-electron chi connectivity index (χ3n) is 8.50. The molecule has 3 aromatic rings. The number of rotatable bonds is 5. The van der Waals surface area contributed by atoms with Gasteiger partial charge in [-0.2, -0.15) is 0 Å². The van der Waals surface area contributed by atoms with Gasteiger partial charge in [0.2, 0.25) is 5.91 Å². The van der Waals surface area contributed by atoms with Gasteiger partial charge in [0.25, 0.3) is 17.4 Å². The molecule has 198 valence electrons. The van der Waals surface area contributed by atoms with E-state index in [9.17, 15) is 19.2 Å². The topological polar surface area (TPSA) is 95.0 Å². The number of carbonyl (C=O) groups excluding carboxylic acids is 3.